The van der Waals surface area contributed by atoms with Crippen LogP contribution in [0.4, 0.5) is 0 Å². The highest BCUT2D eigenvalue weighted by Crippen LogP contribution is 2.45. The van der Waals surface area contributed by atoms with E-state index in [2.05, 4.69) is 289 Å². The Morgan fingerprint density at radius 3 is 0.976 bits per heavy atom. The first-order valence-corrected chi connectivity index (χ1v) is 27.9. The molecule has 0 bridgehead atoms. The van der Waals surface area contributed by atoms with Gasteiger partial charge in [0.25, 0.3) is 0 Å². The molecule has 0 radical (unpaired) electrons. The smallest absolute Gasteiger partial charge is 0.0708 e. The van der Waals surface area contributed by atoms with Crippen molar-refractivity contribution in [2.45, 2.75) is 0 Å². The van der Waals surface area contributed by atoms with Crippen molar-refractivity contribution < 1.29 is 0 Å². The van der Waals surface area contributed by atoms with Gasteiger partial charge in [-0.15, -0.1) is 0 Å². The monoisotopic (exact) mass is 1040 g/mol. The summed E-state index contributed by atoms with van der Waals surface area (Å²) < 4.78 is 0. The first-order valence-electron chi connectivity index (χ1n) is 27.9. The lowest BCUT2D eigenvalue weighted by atomic mass is 9.84. The Hall–Kier alpha value is -10.9. The van der Waals surface area contributed by atoms with Crippen LogP contribution in [0.2, 0.25) is 0 Å². The number of benzene rings is 11. The lowest BCUT2D eigenvalue weighted by Gasteiger charge is -2.19. The average Bonchev–Trinajstić information content (AvgIpc) is 3.72. The lowest BCUT2D eigenvalue weighted by Crippen LogP contribution is -1.94. The van der Waals surface area contributed by atoms with Crippen molar-refractivity contribution in [3.63, 3.8) is 0 Å². The molecule has 3 heteroatoms. The van der Waals surface area contributed by atoms with Gasteiger partial charge in [-0.1, -0.05) is 249 Å². The molecule has 14 aromatic rings. The van der Waals surface area contributed by atoms with E-state index in [1.54, 1.807) is 0 Å². The van der Waals surface area contributed by atoms with E-state index in [0.29, 0.717) is 0 Å². The fourth-order valence-corrected chi connectivity index (χ4v) is 11.5. The molecule has 3 heterocycles. The second-order valence-corrected chi connectivity index (χ2v) is 20.7. The van der Waals surface area contributed by atoms with Crippen molar-refractivity contribution in [1.29, 1.82) is 0 Å². The molecule has 82 heavy (non-hydrogen) atoms. The van der Waals surface area contributed by atoms with Gasteiger partial charge in [-0.3, -0.25) is 15.0 Å². The summed E-state index contributed by atoms with van der Waals surface area (Å²) >= 11 is 0. The van der Waals surface area contributed by atoms with Crippen molar-refractivity contribution in [3.05, 3.63) is 322 Å². The minimum atomic E-state index is 0.933. The molecular weight excluding hydrogens is 991 g/mol. The number of nitrogens with zero attached hydrogens (tertiary/aromatic N) is 3. The van der Waals surface area contributed by atoms with E-state index < -0.39 is 0 Å². The van der Waals surface area contributed by atoms with E-state index in [1.165, 1.54) is 16.7 Å². The van der Waals surface area contributed by atoms with Crippen molar-refractivity contribution in [3.8, 4) is 134 Å². The topological polar surface area (TPSA) is 38.7 Å². The van der Waals surface area contributed by atoms with Crippen LogP contribution in [-0.2, 0) is 0 Å². The third-order valence-electron chi connectivity index (χ3n) is 15.7. The number of hydrogen-bond acceptors (Lipinski definition) is 3. The van der Waals surface area contributed by atoms with Crippen LogP contribution in [0.5, 0.6) is 0 Å². The molecule has 3 nitrogen and oxygen atoms in total. The minimum Gasteiger partial charge on any atom is -0.256 e. The van der Waals surface area contributed by atoms with Gasteiger partial charge in [-0.05, 0) is 160 Å². The van der Waals surface area contributed by atoms with E-state index in [0.717, 1.165) is 128 Å². The summed E-state index contributed by atoms with van der Waals surface area (Å²) in [5.74, 6) is 0. The summed E-state index contributed by atoms with van der Waals surface area (Å²) in [6.07, 6.45) is 5.68. The predicted molar refractivity (Wildman–Crippen MR) is 343 cm³/mol. The zero-order valence-electron chi connectivity index (χ0n) is 44.9. The quantitative estimate of drug-likeness (QED) is 0.122. The van der Waals surface area contributed by atoms with E-state index in [1.807, 2.05) is 42.9 Å². The second kappa shape index (κ2) is 22.1. The van der Waals surface area contributed by atoms with Crippen molar-refractivity contribution in [2.24, 2.45) is 0 Å². The third-order valence-corrected chi connectivity index (χ3v) is 15.7. The molecule has 3 aromatic heterocycles. The average molecular weight is 1040 g/mol. The Kier molecular flexibility index (Phi) is 13.3. The number of aromatic nitrogens is 3. The second-order valence-electron chi connectivity index (χ2n) is 20.7. The predicted octanol–water partition coefficient (Wildman–Crippen LogP) is 21.0. The van der Waals surface area contributed by atoms with E-state index >= 15 is 0 Å². The van der Waals surface area contributed by atoms with Gasteiger partial charge in [0.05, 0.1) is 17.1 Å². The summed E-state index contributed by atoms with van der Waals surface area (Å²) in [6.45, 7) is 0. The van der Waals surface area contributed by atoms with E-state index in [4.69, 9.17) is 4.98 Å². The summed E-state index contributed by atoms with van der Waals surface area (Å²) in [7, 11) is 0. The molecule has 0 aliphatic heterocycles. The molecule has 0 amide bonds. The molecule has 0 spiro atoms. The highest BCUT2D eigenvalue weighted by molar-refractivity contribution is 5.98. The van der Waals surface area contributed by atoms with Crippen LogP contribution in [-0.4, -0.2) is 15.0 Å². The van der Waals surface area contributed by atoms with Gasteiger partial charge in [-0.2, -0.15) is 0 Å². The molecule has 14 rings (SSSR count). The molecular formula is C79H53N3. The molecule has 0 saturated carbocycles. The van der Waals surface area contributed by atoms with Crippen LogP contribution in [0.3, 0.4) is 0 Å². The minimum absolute atomic E-state index is 0.933. The first-order chi connectivity index (χ1) is 40.6. The Labute approximate surface area is 478 Å². The fraction of sp³-hybridized carbons (Fsp3) is 0. The highest BCUT2D eigenvalue weighted by atomic mass is 14.7. The number of rotatable bonds is 12. The van der Waals surface area contributed by atoms with Gasteiger partial charge >= 0.3 is 0 Å². The van der Waals surface area contributed by atoms with Gasteiger partial charge in [0.2, 0.25) is 0 Å². The van der Waals surface area contributed by atoms with Crippen LogP contribution in [0.1, 0.15) is 0 Å². The molecule has 0 N–H and O–H groups in total. The van der Waals surface area contributed by atoms with Crippen LogP contribution in [0.25, 0.3) is 145 Å². The molecule has 0 fully saturated rings. The molecule has 0 aliphatic rings. The van der Waals surface area contributed by atoms with Gasteiger partial charge in [-0.25, -0.2) is 0 Å². The molecule has 0 aliphatic carbocycles. The summed E-state index contributed by atoms with van der Waals surface area (Å²) in [6, 6.07) is 109. The van der Waals surface area contributed by atoms with Gasteiger partial charge in [0.1, 0.15) is 0 Å². The van der Waals surface area contributed by atoms with Crippen LogP contribution < -0.4 is 0 Å². The maximum absolute atomic E-state index is 5.03. The van der Waals surface area contributed by atoms with Gasteiger partial charge in [0.15, 0.2) is 0 Å². The molecule has 0 saturated heterocycles. The first kappa shape index (κ1) is 49.4. The lowest BCUT2D eigenvalue weighted by molar-refractivity contribution is 1.33. The Morgan fingerprint density at radius 1 is 0.159 bits per heavy atom. The van der Waals surface area contributed by atoms with E-state index in [9.17, 15) is 0 Å². The van der Waals surface area contributed by atoms with Crippen LogP contribution in [0.15, 0.2) is 322 Å². The molecule has 11 aromatic carbocycles. The maximum atomic E-state index is 5.03. The SMILES string of the molecule is c1ccc(-c2ccc(-c3ccc(-c4cc(-c5cc6ccccc6cn5)ccc4-c4ccccc4-c4cc(-c5ccccc5-c5ccc(-c6ccccn6)cc5)cc(-c5ccccc5-c5ccc(-c6ccccn6)cc5)c4)cc3)cc2)cc1. The van der Waals surface area contributed by atoms with Crippen LogP contribution in [0, 0.1) is 0 Å². The normalized spacial score (nSPS) is 11.2. The van der Waals surface area contributed by atoms with Crippen molar-refractivity contribution in [1.82, 2.24) is 15.0 Å². The van der Waals surface area contributed by atoms with Gasteiger partial charge in [0, 0.05) is 40.7 Å². The standard InChI is InChI=1S/C79H53N3/c1-2-16-54(17-3-1)55-28-30-56(31-29-55)57-32-34-60(35-33-57)76-51-64(79-52-63-18-4-5-19-65(63)53-82-79)44-45-75(76)74-25-11-10-24-73(74)68-49-66(71-22-8-6-20-69(71)58-36-40-61(41-37-58)77-26-12-14-46-80-77)48-67(50-68)72-23-9-7-21-70(72)59-38-42-62(43-39-59)78-27-13-15-47-81-78/h1-53H. The summed E-state index contributed by atoms with van der Waals surface area (Å²) in [4.78, 5) is 14.3. The zero-order chi connectivity index (χ0) is 54.6. The van der Waals surface area contributed by atoms with Gasteiger partial charge < -0.3 is 0 Å². The number of hydrogen-bond donors (Lipinski definition) is 0. The maximum Gasteiger partial charge on any atom is 0.0708 e. The molecule has 0 unspecified atom stereocenters. The highest BCUT2D eigenvalue weighted by Gasteiger charge is 2.19. The largest absolute Gasteiger partial charge is 0.256 e. The fourth-order valence-electron chi connectivity index (χ4n) is 11.5. The third kappa shape index (κ3) is 10.0. The van der Waals surface area contributed by atoms with Crippen molar-refractivity contribution >= 4 is 10.8 Å². The summed E-state index contributed by atoms with van der Waals surface area (Å²) in [5, 5.41) is 2.28. The Balaban J connectivity index is 0.922. The van der Waals surface area contributed by atoms with Crippen LogP contribution >= 0.6 is 0 Å². The Morgan fingerprint density at radius 2 is 0.500 bits per heavy atom. The van der Waals surface area contributed by atoms with Crippen molar-refractivity contribution in [2.75, 3.05) is 0 Å². The zero-order valence-corrected chi connectivity index (χ0v) is 44.9. The molecule has 0 atom stereocenters. The van der Waals surface area contributed by atoms with E-state index in [-0.39, 0.29) is 0 Å². The Bertz CT molecular complexity index is 4410. The molecule has 384 valence electrons. The summed E-state index contributed by atoms with van der Waals surface area (Å²) in [5.41, 5.74) is 26.7. The number of pyridine rings is 3. The number of fused-ring (bicyclic) bond motifs is 1.